The molecule has 1 atom stereocenters. The number of hydrogen-bond donors (Lipinski definition) is 1. The van der Waals surface area contributed by atoms with Gasteiger partial charge in [-0.3, -0.25) is 4.79 Å². The summed E-state index contributed by atoms with van der Waals surface area (Å²) in [6, 6.07) is 6.16. The van der Waals surface area contributed by atoms with E-state index < -0.39 is 0 Å². The summed E-state index contributed by atoms with van der Waals surface area (Å²) in [5.41, 5.74) is 1.06. The number of carbonyl (C=O) groups is 1. The molecule has 1 saturated heterocycles. The lowest BCUT2D eigenvalue weighted by atomic mass is 10.1. The van der Waals surface area contributed by atoms with Gasteiger partial charge >= 0.3 is 0 Å². The first-order chi connectivity index (χ1) is 12.6. The third-order valence-electron chi connectivity index (χ3n) is 4.88. The van der Waals surface area contributed by atoms with Gasteiger partial charge in [0.1, 0.15) is 5.82 Å². The maximum atomic E-state index is 13.4. The van der Waals surface area contributed by atoms with Crippen molar-refractivity contribution in [1.82, 2.24) is 25.2 Å². The van der Waals surface area contributed by atoms with E-state index in [1.165, 1.54) is 37.8 Å². The summed E-state index contributed by atoms with van der Waals surface area (Å²) >= 11 is 0. The fourth-order valence-electron chi connectivity index (χ4n) is 3.27. The first-order valence-electron chi connectivity index (χ1n) is 9.31. The lowest BCUT2D eigenvalue weighted by Gasteiger charge is -2.19. The van der Waals surface area contributed by atoms with Crippen molar-refractivity contribution in [1.29, 1.82) is 0 Å². The fraction of sp³-hybridized carbons (Fsp3) is 0.526. The molecule has 2 heterocycles. The predicted octanol–water partition coefficient (Wildman–Crippen LogP) is 2.63. The van der Waals surface area contributed by atoms with Gasteiger partial charge in [-0.25, -0.2) is 9.07 Å². The molecule has 1 aliphatic rings. The van der Waals surface area contributed by atoms with Gasteiger partial charge in [0.15, 0.2) is 5.69 Å². The van der Waals surface area contributed by atoms with E-state index >= 15 is 0 Å². The van der Waals surface area contributed by atoms with Crippen LogP contribution in [0, 0.1) is 5.82 Å². The molecule has 26 heavy (non-hydrogen) atoms. The van der Waals surface area contributed by atoms with Crippen molar-refractivity contribution in [2.45, 2.75) is 38.6 Å². The molecule has 1 aliphatic heterocycles. The van der Waals surface area contributed by atoms with E-state index in [1.54, 1.807) is 16.9 Å². The van der Waals surface area contributed by atoms with Crippen molar-refractivity contribution >= 4 is 5.91 Å². The standard InChI is InChI=1S/C19H26FN5O/c1-15(16-7-6-8-17(20)13-16)25-14-18(22-23-25)19(26)21-9-12-24-10-4-2-3-5-11-24/h6-8,13-15H,2-5,9-12H2,1H3,(H,21,26). The second-order valence-electron chi connectivity index (χ2n) is 6.83. The SMILES string of the molecule is CC(c1cccc(F)c1)n1cc(C(=O)NCCN2CCCCCC2)nn1. The van der Waals surface area contributed by atoms with Gasteiger partial charge < -0.3 is 10.2 Å². The Morgan fingerprint density at radius 1 is 1.27 bits per heavy atom. The monoisotopic (exact) mass is 359 g/mol. The van der Waals surface area contributed by atoms with Crippen molar-refractivity contribution in [3.05, 3.63) is 47.5 Å². The summed E-state index contributed by atoms with van der Waals surface area (Å²) in [6.07, 6.45) is 6.68. The van der Waals surface area contributed by atoms with Gasteiger partial charge in [-0.2, -0.15) is 0 Å². The number of nitrogens with zero attached hydrogens (tertiary/aromatic N) is 4. The van der Waals surface area contributed by atoms with Crippen molar-refractivity contribution in [3.63, 3.8) is 0 Å². The lowest BCUT2D eigenvalue weighted by molar-refractivity contribution is 0.0943. The van der Waals surface area contributed by atoms with Crippen LogP contribution in [-0.2, 0) is 0 Å². The third kappa shape index (κ3) is 4.88. The van der Waals surface area contributed by atoms with Crippen molar-refractivity contribution in [2.75, 3.05) is 26.2 Å². The van der Waals surface area contributed by atoms with Crippen molar-refractivity contribution in [3.8, 4) is 0 Å². The zero-order valence-electron chi connectivity index (χ0n) is 15.2. The van der Waals surface area contributed by atoms with Crippen LogP contribution in [0.4, 0.5) is 4.39 Å². The van der Waals surface area contributed by atoms with E-state index in [-0.39, 0.29) is 23.5 Å². The molecule has 0 aliphatic carbocycles. The Morgan fingerprint density at radius 2 is 2.04 bits per heavy atom. The highest BCUT2D eigenvalue weighted by atomic mass is 19.1. The van der Waals surface area contributed by atoms with Crippen LogP contribution in [0.2, 0.25) is 0 Å². The zero-order valence-corrected chi connectivity index (χ0v) is 15.2. The average Bonchev–Trinajstić information content (AvgIpc) is 2.99. The van der Waals surface area contributed by atoms with Crippen LogP contribution in [0.3, 0.4) is 0 Å². The van der Waals surface area contributed by atoms with Gasteiger partial charge in [0, 0.05) is 13.1 Å². The number of hydrogen-bond acceptors (Lipinski definition) is 4. The van der Waals surface area contributed by atoms with Crippen LogP contribution in [0.25, 0.3) is 0 Å². The molecule has 0 saturated carbocycles. The van der Waals surface area contributed by atoms with E-state index in [0.29, 0.717) is 6.54 Å². The van der Waals surface area contributed by atoms with Crippen LogP contribution in [0.5, 0.6) is 0 Å². The average molecular weight is 359 g/mol. The molecule has 0 radical (unpaired) electrons. The first kappa shape index (κ1) is 18.5. The normalized spacial score (nSPS) is 16.8. The van der Waals surface area contributed by atoms with Gasteiger partial charge in [-0.15, -0.1) is 5.10 Å². The molecule has 7 heteroatoms. The molecule has 0 spiro atoms. The van der Waals surface area contributed by atoms with E-state index in [9.17, 15) is 9.18 Å². The number of nitrogens with one attached hydrogen (secondary N) is 1. The number of carbonyl (C=O) groups excluding carboxylic acids is 1. The van der Waals surface area contributed by atoms with E-state index in [2.05, 4.69) is 20.5 Å². The van der Waals surface area contributed by atoms with Gasteiger partial charge in [0.05, 0.1) is 12.2 Å². The molecule has 2 aromatic rings. The Labute approximate surface area is 153 Å². The van der Waals surface area contributed by atoms with Crippen LogP contribution < -0.4 is 5.32 Å². The molecule has 0 bridgehead atoms. The first-order valence-corrected chi connectivity index (χ1v) is 9.31. The molecule has 1 aromatic heterocycles. The van der Waals surface area contributed by atoms with Crippen molar-refractivity contribution in [2.24, 2.45) is 0 Å². The Kier molecular flexibility index (Phi) is 6.33. The predicted molar refractivity (Wildman–Crippen MR) is 97.5 cm³/mol. The maximum absolute atomic E-state index is 13.4. The molecule has 140 valence electrons. The molecular formula is C19H26FN5O. The van der Waals surface area contributed by atoms with Gasteiger partial charge in [0.2, 0.25) is 0 Å². The number of likely N-dealkylation sites (tertiary alicyclic amines) is 1. The summed E-state index contributed by atoms with van der Waals surface area (Å²) in [5.74, 6) is -0.515. The Morgan fingerprint density at radius 3 is 2.77 bits per heavy atom. The summed E-state index contributed by atoms with van der Waals surface area (Å²) in [5, 5.41) is 10.9. The zero-order chi connectivity index (χ0) is 18.4. The number of benzene rings is 1. The minimum Gasteiger partial charge on any atom is -0.349 e. The topological polar surface area (TPSA) is 63.1 Å². The fourth-order valence-corrected chi connectivity index (χ4v) is 3.27. The molecular weight excluding hydrogens is 333 g/mol. The number of aromatic nitrogens is 3. The Hall–Kier alpha value is -2.28. The second-order valence-corrected chi connectivity index (χ2v) is 6.83. The smallest absolute Gasteiger partial charge is 0.273 e. The number of halogens is 1. The van der Waals surface area contributed by atoms with E-state index in [1.807, 2.05) is 13.0 Å². The number of rotatable bonds is 6. The van der Waals surface area contributed by atoms with Crippen LogP contribution in [0.15, 0.2) is 30.5 Å². The van der Waals surface area contributed by atoms with Gasteiger partial charge in [-0.1, -0.05) is 30.2 Å². The molecule has 3 rings (SSSR count). The highest BCUT2D eigenvalue weighted by Crippen LogP contribution is 2.17. The minimum atomic E-state index is -0.291. The Bertz CT molecular complexity index is 724. The quantitative estimate of drug-likeness (QED) is 0.861. The minimum absolute atomic E-state index is 0.197. The second kappa shape index (κ2) is 8.89. The molecule has 6 nitrogen and oxygen atoms in total. The maximum Gasteiger partial charge on any atom is 0.273 e. The van der Waals surface area contributed by atoms with Gasteiger partial charge in [-0.05, 0) is 50.6 Å². The summed E-state index contributed by atoms with van der Waals surface area (Å²) in [4.78, 5) is 14.7. The largest absolute Gasteiger partial charge is 0.349 e. The van der Waals surface area contributed by atoms with Gasteiger partial charge in [0.25, 0.3) is 5.91 Å². The van der Waals surface area contributed by atoms with Crippen LogP contribution in [0.1, 0.15) is 54.7 Å². The molecule has 1 amide bonds. The summed E-state index contributed by atoms with van der Waals surface area (Å²) in [6.45, 7) is 5.57. The highest BCUT2D eigenvalue weighted by molar-refractivity contribution is 5.91. The van der Waals surface area contributed by atoms with E-state index in [0.717, 1.165) is 25.2 Å². The summed E-state index contributed by atoms with van der Waals surface area (Å²) in [7, 11) is 0. The number of amides is 1. The van der Waals surface area contributed by atoms with E-state index in [4.69, 9.17) is 0 Å². The summed E-state index contributed by atoms with van der Waals surface area (Å²) < 4.78 is 15.0. The van der Waals surface area contributed by atoms with Crippen LogP contribution >= 0.6 is 0 Å². The lowest BCUT2D eigenvalue weighted by Crippen LogP contribution is -2.35. The molecule has 1 fully saturated rings. The Balaban J connectivity index is 1.52. The molecule has 1 unspecified atom stereocenters. The molecule has 1 aromatic carbocycles. The highest BCUT2D eigenvalue weighted by Gasteiger charge is 2.16. The third-order valence-corrected chi connectivity index (χ3v) is 4.88. The van der Waals surface area contributed by atoms with Crippen LogP contribution in [-0.4, -0.2) is 52.0 Å². The molecule has 1 N–H and O–H groups in total. The van der Waals surface area contributed by atoms with Crippen molar-refractivity contribution < 1.29 is 9.18 Å².